The standard InChI is InChI=1S/C23H34O13/c1-11(24)29-14-8-16(32-20(31-13(3)26)18(14)30-12(2)25)27-10-23-19(35-22(6,7)36-23)17-15(9-28-23)33-21(4,5)34-17/h14-20H,8-10H2,1-7H3/t14-,15-,16+,17+,18-,19+,20+,23+/m0/s1. The molecule has 13 heteroatoms. The van der Waals surface area contributed by atoms with E-state index in [4.69, 9.17) is 47.4 Å². The molecule has 0 bridgehead atoms. The molecule has 4 heterocycles. The van der Waals surface area contributed by atoms with Crippen molar-refractivity contribution in [2.24, 2.45) is 0 Å². The summed E-state index contributed by atoms with van der Waals surface area (Å²) in [7, 11) is 0. The van der Waals surface area contributed by atoms with Gasteiger partial charge in [-0.15, -0.1) is 0 Å². The van der Waals surface area contributed by atoms with Crippen LogP contribution in [0.3, 0.4) is 0 Å². The Kier molecular flexibility index (Phi) is 7.38. The highest BCUT2D eigenvalue weighted by molar-refractivity contribution is 5.68. The van der Waals surface area contributed by atoms with Crippen LogP contribution in [0.15, 0.2) is 0 Å². The minimum Gasteiger partial charge on any atom is -0.458 e. The van der Waals surface area contributed by atoms with E-state index < -0.39 is 72.3 Å². The lowest BCUT2D eigenvalue weighted by molar-refractivity contribution is -0.346. The van der Waals surface area contributed by atoms with Crippen LogP contribution in [0.25, 0.3) is 0 Å². The Bertz CT molecular complexity index is 846. The molecule has 4 rings (SSSR count). The summed E-state index contributed by atoms with van der Waals surface area (Å²) in [4.78, 5) is 35.1. The van der Waals surface area contributed by atoms with E-state index in [1.807, 2.05) is 13.8 Å². The molecular weight excluding hydrogens is 484 g/mol. The van der Waals surface area contributed by atoms with Crippen molar-refractivity contribution in [3.05, 3.63) is 0 Å². The van der Waals surface area contributed by atoms with Crippen molar-refractivity contribution in [3.63, 3.8) is 0 Å². The number of hydrogen-bond donors (Lipinski definition) is 0. The molecule has 0 radical (unpaired) electrons. The van der Waals surface area contributed by atoms with Gasteiger partial charge in [0.05, 0.1) is 6.61 Å². The molecule has 204 valence electrons. The maximum Gasteiger partial charge on any atom is 0.305 e. The van der Waals surface area contributed by atoms with Gasteiger partial charge < -0.3 is 47.4 Å². The summed E-state index contributed by atoms with van der Waals surface area (Å²) in [6.45, 7) is 10.7. The van der Waals surface area contributed by atoms with E-state index in [9.17, 15) is 14.4 Å². The summed E-state index contributed by atoms with van der Waals surface area (Å²) in [6, 6.07) is 0. The van der Waals surface area contributed by atoms with Crippen molar-refractivity contribution in [2.45, 2.75) is 115 Å². The van der Waals surface area contributed by atoms with Gasteiger partial charge in [0, 0.05) is 27.2 Å². The second-order valence-corrected chi connectivity index (χ2v) is 10.1. The fraction of sp³-hybridized carbons (Fsp3) is 0.870. The lowest BCUT2D eigenvalue weighted by Gasteiger charge is -2.43. The number of fused-ring (bicyclic) bond motifs is 3. The van der Waals surface area contributed by atoms with Crippen LogP contribution in [0, 0.1) is 0 Å². The second kappa shape index (κ2) is 9.78. The Morgan fingerprint density at radius 1 is 0.861 bits per heavy atom. The monoisotopic (exact) mass is 518 g/mol. The summed E-state index contributed by atoms with van der Waals surface area (Å²) in [5.74, 6) is -5.14. The van der Waals surface area contributed by atoms with Crippen LogP contribution in [0.1, 0.15) is 54.9 Å². The number of ether oxygens (including phenoxy) is 10. The lowest BCUT2D eigenvalue weighted by atomic mass is 9.97. The predicted octanol–water partition coefficient (Wildman–Crippen LogP) is 0.900. The molecule has 0 spiro atoms. The maximum absolute atomic E-state index is 11.7. The van der Waals surface area contributed by atoms with Crippen LogP contribution >= 0.6 is 0 Å². The highest BCUT2D eigenvalue weighted by atomic mass is 16.9. The van der Waals surface area contributed by atoms with Crippen molar-refractivity contribution >= 4 is 17.9 Å². The first-order chi connectivity index (χ1) is 16.7. The minimum absolute atomic E-state index is 0.0149. The molecule has 4 aliphatic heterocycles. The fourth-order valence-electron chi connectivity index (χ4n) is 4.96. The van der Waals surface area contributed by atoms with Crippen LogP contribution in [-0.4, -0.2) is 91.6 Å². The average Bonchev–Trinajstić information content (AvgIpc) is 3.19. The summed E-state index contributed by atoms with van der Waals surface area (Å²) >= 11 is 0. The number of carbonyl (C=O) groups is 3. The SMILES string of the molecule is CC(=O)O[C@@H]1O[C@@H](OC[C@]23OC[C@@H]4OC(C)(C)O[C@H]4[C@H]2OC(C)(C)O3)C[C@H](OC(C)=O)[C@@H]1OC(C)=O. The quantitative estimate of drug-likeness (QED) is 0.363. The van der Waals surface area contributed by atoms with E-state index in [-0.39, 0.29) is 25.7 Å². The molecule has 0 aromatic carbocycles. The van der Waals surface area contributed by atoms with E-state index in [2.05, 4.69) is 0 Å². The summed E-state index contributed by atoms with van der Waals surface area (Å²) < 4.78 is 58.0. The first kappa shape index (κ1) is 27.2. The molecule has 0 aromatic heterocycles. The Balaban J connectivity index is 1.51. The molecular formula is C23H34O13. The third kappa shape index (κ3) is 5.82. The molecule has 4 fully saturated rings. The topological polar surface area (TPSA) is 144 Å². The number of hydrogen-bond acceptors (Lipinski definition) is 13. The van der Waals surface area contributed by atoms with Gasteiger partial charge in [-0.25, -0.2) is 0 Å². The average molecular weight is 519 g/mol. The first-order valence-electron chi connectivity index (χ1n) is 11.8. The first-order valence-corrected chi connectivity index (χ1v) is 11.8. The van der Waals surface area contributed by atoms with Crippen LogP contribution in [0.5, 0.6) is 0 Å². The van der Waals surface area contributed by atoms with E-state index in [1.165, 1.54) is 20.8 Å². The molecule has 4 aliphatic rings. The van der Waals surface area contributed by atoms with Crippen LogP contribution in [0.2, 0.25) is 0 Å². The third-order valence-corrected chi connectivity index (χ3v) is 5.99. The van der Waals surface area contributed by atoms with Crippen molar-refractivity contribution in [2.75, 3.05) is 13.2 Å². The lowest BCUT2D eigenvalue weighted by Crippen LogP contribution is -2.61. The summed E-state index contributed by atoms with van der Waals surface area (Å²) in [5, 5.41) is 0. The van der Waals surface area contributed by atoms with Crippen molar-refractivity contribution in [1.29, 1.82) is 0 Å². The van der Waals surface area contributed by atoms with E-state index >= 15 is 0 Å². The Hall–Kier alpha value is -1.87. The summed E-state index contributed by atoms with van der Waals surface area (Å²) in [6.07, 6.45) is -6.10. The zero-order valence-electron chi connectivity index (χ0n) is 21.5. The molecule has 0 saturated carbocycles. The molecule has 0 aromatic rings. The third-order valence-electron chi connectivity index (χ3n) is 5.99. The van der Waals surface area contributed by atoms with Gasteiger partial charge in [-0.05, 0) is 27.7 Å². The van der Waals surface area contributed by atoms with Crippen molar-refractivity contribution < 1.29 is 61.8 Å². The fourth-order valence-corrected chi connectivity index (χ4v) is 4.96. The van der Waals surface area contributed by atoms with Gasteiger partial charge in [0.1, 0.15) is 31.0 Å². The Labute approximate surface area is 208 Å². The smallest absolute Gasteiger partial charge is 0.305 e. The highest BCUT2D eigenvalue weighted by Crippen LogP contribution is 2.47. The van der Waals surface area contributed by atoms with Gasteiger partial charge in [-0.3, -0.25) is 14.4 Å². The Morgan fingerprint density at radius 2 is 1.53 bits per heavy atom. The van der Waals surface area contributed by atoms with Gasteiger partial charge in [0.2, 0.25) is 18.2 Å². The molecule has 4 saturated heterocycles. The van der Waals surface area contributed by atoms with Gasteiger partial charge in [0.25, 0.3) is 0 Å². The maximum atomic E-state index is 11.7. The second-order valence-electron chi connectivity index (χ2n) is 10.1. The van der Waals surface area contributed by atoms with E-state index in [1.54, 1.807) is 13.8 Å². The van der Waals surface area contributed by atoms with Crippen LogP contribution < -0.4 is 0 Å². The van der Waals surface area contributed by atoms with Gasteiger partial charge >= 0.3 is 17.9 Å². The largest absolute Gasteiger partial charge is 0.458 e. The van der Waals surface area contributed by atoms with Gasteiger partial charge in [-0.1, -0.05) is 0 Å². The highest BCUT2D eigenvalue weighted by Gasteiger charge is 2.65. The molecule has 13 nitrogen and oxygen atoms in total. The van der Waals surface area contributed by atoms with Gasteiger partial charge in [0.15, 0.2) is 17.9 Å². The molecule has 36 heavy (non-hydrogen) atoms. The zero-order valence-corrected chi connectivity index (χ0v) is 21.5. The molecule has 0 amide bonds. The van der Waals surface area contributed by atoms with Crippen LogP contribution in [-0.2, 0) is 61.8 Å². The van der Waals surface area contributed by atoms with E-state index in [0.29, 0.717) is 0 Å². The van der Waals surface area contributed by atoms with E-state index in [0.717, 1.165) is 0 Å². The summed E-state index contributed by atoms with van der Waals surface area (Å²) in [5.41, 5.74) is 0. The molecule has 8 atom stereocenters. The van der Waals surface area contributed by atoms with Gasteiger partial charge in [-0.2, -0.15) is 0 Å². The molecule has 0 unspecified atom stereocenters. The zero-order chi connectivity index (χ0) is 26.5. The molecule has 0 N–H and O–H groups in total. The predicted molar refractivity (Wildman–Crippen MR) is 115 cm³/mol. The normalized spacial score (nSPS) is 40.6. The molecule has 0 aliphatic carbocycles. The Morgan fingerprint density at radius 3 is 2.17 bits per heavy atom. The minimum atomic E-state index is -1.37. The van der Waals surface area contributed by atoms with Crippen molar-refractivity contribution in [1.82, 2.24) is 0 Å². The number of carbonyl (C=O) groups excluding carboxylic acids is 3. The number of rotatable bonds is 6. The van der Waals surface area contributed by atoms with Crippen LogP contribution in [0.4, 0.5) is 0 Å². The number of esters is 3. The van der Waals surface area contributed by atoms with Crippen molar-refractivity contribution in [3.8, 4) is 0 Å².